The summed E-state index contributed by atoms with van der Waals surface area (Å²) in [7, 11) is 1.61. The number of aromatic amines is 1. The molecule has 2 aromatic carbocycles. The van der Waals surface area contributed by atoms with Crippen LogP contribution in [0.25, 0.3) is 10.9 Å². The molecule has 2 atom stereocenters. The van der Waals surface area contributed by atoms with Crippen LogP contribution in [-0.2, 0) is 4.79 Å². The molecule has 3 aromatic rings. The first-order valence-corrected chi connectivity index (χ1v) is 9.26. The quantitative estimate of drug-likeness (QED) is 0.656. The third-order valence-corrected chi connectivity index (χ3v) is 5.48. The smallest absolute Gasteiger partial charge is 0.268 e. The number of ether oxygens (including phenoxy) is 1. The lowest BCUT2D eigenvalue weighted by Gasteiger charge is -2.32. The highest BCUT2D eigenvalue weighted by Gasteiger charge is 2.41. The number of aromatic nitrogens is 1. The summed E-state index contributed by atoms with van der Waals surface area (Å²) in [5, 5.41) is 6.97. The van der Waals surface area contributed by atoms with Crippen LogP contribution in [0.4, 0.5) is 11.4 Å². The minimum atomic E-state index is -0.257. The first kappa shape index (κ1) is 16.7. The molecule has 5 rings (SSSR count). The molecule has 142 valence electrons. The Kier molecular flexibility index (Phi) is 3.75. The van der Waals surface area contributed by atoms with Gasteiger partial charge in [-0.3, -0.25) is 9.59 Å². The van der Waals surface area contributed by atoms with Gasteiger partial charge in [0.1, 0.15) is 17.5 Å². The molecule has 0 radical (unpaired) electrons. The highest BCUT2D eigenvalue weighted by atomic mass is 16.5. The molecule has 7 nitrogen and oxygen atoms in total. The van der Waals surface area contributed by atoms with Gasteiger partial charge in [0.15, 0.2) is 0 Å². The van der Waals surface area contributed by atoms with Crippen molar-refractivity contribution in [1.82, 2.24) is 10.3 Å². The Labute approximate surface area is 161 Å². The van der Waals surface area contributed by atoms with Crippen LogP contribution in [-0.4, -0.2) is 42.5 Å². The molecule has 0 saturated carbocycles. The number of H-pyrrole nitrogens is 1. The van der Waals surface area contributed by atoms with Gasteiger partial charge in [0.2, 0.25) is 5.91 Å². The Balaban J connectivity index is 1.35. The number of fused-ring (bicyclic) bond motifs is 4. The molecular formula is C21H20N4O3. The molecule has 28 heavy (non-hydrogen) atoms. The Morgan fingerprint density at radius 2 is 2.07 bits per heavy atom. The minimum Gasteiger partial charge on any atom is -0.497 e. The highest BCUT2D eigenvalue weighted by molar-refractivity contribution is 6.04. The topological polar surface area (TPSA) is 86.5 Å². The molecule has 2 aliphatic heterocycles. The van der Waals surface area contributed by atoms with Gasteiger partial charge in [0.05, 0.1) is 18.5 Å². The van der Waals surface area contributed by atoms with E-state index in [4.69, 9.17) is 4.74 Å². The normalized spacial score (nSPS) is 20.5. The van der Waals surface area contributed by atoms with Crippen molar-refractivity contribution in [1.29, 1.82) is 0 Å². The summed E-state index contributed by atoms with van der Waals surface area (Å²) in [4.78, 5) is 30.4. The van der Waals surface area contributed by atoms with Crippen molar-refractivity contribution in [3.63, 3.8) is 0 Å². The lowest BCUT2D eigenvalue weighted by Crippen LogP contribution is -2.44. The molecule has 0 aliphatic carbocycles. The molecule has 7 heteroatoms. The van der Waals surface area contributed by atoms with Crippen molar-refractivity contribution in [2.45, 2.75) is 18.5 Å². The van der Waals surface area contributed by atoms with E-state index in [-0.39, 0.29) is 23.9 Å². The fraction of sp³-hybridized carbons (Fsp3) is 0.238. The van der Waals surface area contributed by atoms with Gasteiger partial charge in [-0.05, 0) is 36.8 Å². The van der Waals surface area contributed by atoms with Crippen molar-refractivity contribution in [3.05, 3.63) is 54.2 Å². The molecule has 1 fully saturated rings. The van der Waals surface area contributed by atoms with Crippen LogP contribution in [0, 0.1) is 0 Å². The first-order chi connectivity index (χ1) is 13.6. The van der Waals surface area contributed by atoms with Crippen LogP contribution in [0.1, 0.15) is 16.9 Å². The fourth-order valence-electron chi connectivity index (χ4n) is 4.12. The van der Waals surface area contributed by atoms with E-state index in [0.29, 0.717) is 18.7 Å². The number of rotatable bonds is 3. The van der Waals surface area contributed by atoms with Crippen molar-refractivity contribution in [2.75, 3.05) is 23.9 Å². The number of hydrogen-bond acceptors (Lipinski definition) is 4. The number of amides is 2. The van der Waals surface area contributed by atoms with Gasteiger partial charge >= 0.3 is 0 Å². The maximum absolute atomic E-state index is 12.8. The van der Waals surface area contributed by atoms with Gasteiger partial charge in [-0.2, -0.15) is 0 Å². The lowest BCUT2D eigenvalue weighted by atomic mass is 10.1. The second-order valence-corrected chi connectivity index (χ2v) is 7.22. The van der Waals surface area contributed by atoms with Crippen LogP contribution in [0.5, 0.6) is 5.75 Å². The Hall–Kier alpha value is -3.48. The lowest BCUT2D eigenvalue weighted by molar-refractivity contribution is -0.117. The summed E-state index contributed by atoms with van der Waals surface area (Å²) in [5.74, 6) is 0.542. The van der Waals surface area contributed by atoms with E-state index in [0.717, 1.165) is 28.0 Å². The second kappa shape index (κ2) is 6.30. The predicted octanol–water partition coefficient (Wildman–Crippen LogP) is 2.51. The number of anilines is 2. The molecule has 2 amide bonds. The van der Waals surface area contributed by atoms with Gasteiger partial charge in [-0.15, -0.1) is 0 Å². The molecule has 1 saturated heterocycles. The van der Waals surface area contributed by atoms with E-state index >= 15 is 0 Å². The van der Waals surface area contributed by atoms with Gasteiger partial charge in [0, 0.05) is 29.6 Å². The van der Waals surface area contributed by atoms with E-state index in [1.165, 1.54) is 0 Å². The second-order valence-electron chi connectivity index (χ2n) is 7.22. The Morgan fingerprint density at radius 1 is 1.21 bits per heavy atom. The van der Waals surface area contributed by atoms with Crippen molar-refractivity contribution in [3.8, 4) is 5.75 Å². The van der Waals surface area contributed by atoms with Crippen LogP contribution in [0.15, 0.2) is 48.5 Å². The molecule has 2 aliphatic rings. The SMILES string of the molecule is COc1ccc2cc(C(=O)NC3CC4C(=O)Nc5ccccc5N4C3)[nH]c2c1. The average Bonchev–Trinajstić information content (AvgIpc) is 3.32. The number of carbonyl (C=O) groups excluding carboxylic acids is 2. The monoisotopic (exact) mass is 376 g/mol. The van der Waals surface area contributed by atoms with Crippen molar-refractivity contribution >= 4 is 34.1 Å². The largest absolute Gasteiger partial charge is 0.497 e. The van der Waals surface area contributed by atoms with Crippen LogP contribution in [0.2, 0.25) is 0 Å². The summed E-state index contributed by atoms with van der Waals surface area (Å²) in [6.07, 6.45) is 0.583. The van der Waals surface area contributed by atoms with Crippen molar-refractivity contribution in [2.24, 2.45) is 0 Å². The third kappa shape index (κ3) is 2.67. The number of nitrogens with zero attached hydrogens (tertiary/aromatic N) is 1. The molecule has 1 aromatic heterocycles. The Morgan fingerprint density at radius 3 is 2.93 bits per heavy atom. The first-order valence-electron chi connectivity index (χ1n) is 9.26. The predicted molar refractivity (Wildman–Crippen MR) is 107 cm³/mol. The van der Waals surface area contributed by atoms with E-state index in [2.05, 4.69) is 20.5 Å². The van der Waals surface area contributed by atoms with Gasteiger partial charge in [-0.25, -0.2) is 0 Å². The summed E-state index contributed by atoms with van der Waals surface area (Å²) >= 11 is 0. The molecule has 3 N–H and O–H groups in total. The van der Waals surface area contributed by atoms with Crippen LogP contribution < -0.4 is 20.3 Å². The molecule has 3 heterocycles. The maximum atomic E-state index is 12.8. The number of methoxy groups -OCH3 is 1. The van der Waals surface area contributed by atoms with Crippen LogP contribution >= 0.6 is 0 Å². The number of hydrogen-bond donors (Lipinski definition) is 3. The highest BCUT2D eigenvalue weighted by Crippen LogP contribution is 2.36. The van der Waals surface area contributed by atoms with E-state index in [1.54, 1.807) is 7.11 Å². The third-order valence-electron chi connectivity index (χ3n) is 5.48. The number of benzene rings is 2. The fourth-order valence-corrected chi connectivity index (χ4v) is 4.12. The standard InChI is InChI=1S/C21H20N4O3/c1-28-14-7-6-12-8-17(23-16(12)10-14)20(26)22-13-9-19-21(27)24-15-4-2-3-5-18(15)25(19)11-13/h2-8,10,13,19,23H,9,11H2,1H3,(H,22,26)(H,24,27). The van der Waals surface area contributed by atoms with E-state index < -0.39 is 0 Å². The van der Waals surface area contributed by atoms with Gasteiger partial charge in [0.25, 0.3) is 5.91 Å². The number of nitrogens with one attached hydrogen (secondary N) is 3. The van der Waals surface area contributed by atoms with E-state index in [1.807, 2.05) is 48.5 Å². The zero-order valence-electron chi connectivity index (χ0n) is 15.4. The zero-order valence-corrected chi connectivity index (χ0v) is 15.4. The average molecular weight is 376 g/mol. The summed E-state index contributed by atoms with van der Waals surface area (Å²) in [6, 6.07) is 14.9. The van der Waals surface area contributed by atoms with Gasteiger partial charge < -0.3 is 25.3 Å². The molecule has 2 unspecified atom stereocenters. The Bertz CT molecular complexity index is 1090. The molecule has 0 spiro atoms. The number of carbonyl (C=O) groups is 2. The maximum Gasteiger partial charge on any atom is 0.268 e. The minimum absolute atomic E-state index is 0.0202. The zero-order chi connectivity index (χ0) is 19.3. The van der Waals surface area contributed by atoms with Gasteiger partial charge in [-0.1, -0.05) is 12.1 Å². The summed E-state index contributed by atoms with van der Waals surface area (Å²) in [6.45, 7) is 0.606. The molecular weight excluding hydrogens is 356 g/mol. The van der Waals surface area contributed by atoms with E-state index in [9.17, 15) is 9.59 Å². The number of para-hydroxylation sites is 2. The van der Waals surface area contributed by atoms with Crippen LogP contribution in [0.3, 0.4) is 0 Å². The van der Waals surface area contributed by atoms with Crippen molar-refractivity contribution < 1.29 is 14.3 Å². The molecule has 0 bridgehead atoms. The summed E-state index contributed by atoms with van der Waals surface area (Å²) in [5.41, 5.74) is 3.17. The summed E-state index contributed by atoms with van der Waals surface area (Å²) < 4.78 is 5.23.